The van der Waals surface area contributed by atoms with Crippen LogP contribution in [0.25, 0.3) is 6.08 Å². The lowest BCUT2D eigenvalue weighted by Gasteiger charge is -2.09. The van der Waals surface area contributed by atoms with Crippen molar-refractivity contribution in [3.05, 3.63) is 40.4 Å². The van der Waals surface area contributed by atoms with Gasteiger partial charge in [-0.25, -0.2) is 4.79 Å². The molecule has 0 aromatic heterocycles. The van der Waals surface area contributed by atoms with E-state index in [0.29, 0.717) is 10.6 Å². The van der Waals surface area contributed by atoms with E-state index in [1.807, 2.05) is 0 Å². The second-order valence-corrected chi connectivity index (χ2v) is 4.56. The molecule has 0 amide bonds. The fourth-order valence-corrected chi connectivity index (χ4v) is 1.54. The molecule has 4 heteroatoms. The summed E-state index contributed by atoms with van der Waals surface area (Å²) >= 11 is 5.84. The SMILES string of the molecule is CC(=O)/C(=C\c1cccc(Cl)c1)C(=O)OC(C)C. The lowest BCUT2D eigenvalue weighted by molar-refractivity contribution is -0.143. The molecule has 3 nitrogen and oxygen atoms in total. The highest BCUT2D eigenvalue weighted by molar-refractivity contribution is 6.30. The van der Waals surface area contributed by atoms with Crippen LogP contribution in [0.4, 0.5) is 0 Å². The molecular formula is C14H15ClO3. The lowest BCUT2D eigenvalue weighted by atomic mass is 10.1. The van der Waals surface area contributed by atoms with Crippen LogP contribution in [0.2, 0.25) is 5.02 Å². The Balaban J connectivity index is 3.05. The molecule has 1 aromatic carbocycles. The molecule has 0 spiro atoms. The quantitative estimate of drug-likeness (QED) is 0.364. The summed E-state index contributed by atoms with van der Waals surface area (Å²) in [6.07, 6.45) is 1.22. The number of carbonyl (C=O) groups excluding carboxylic acids is 2. The van der Waals surface area contributed by atoms with Crippen molar-refractivity contribution in [2.75, 3.05) is 0 Å². The first-order valence-electron chi connectivity index (χ1n) is 5.59. The molecule has 1 rings (SSSR count). The zero-order valence-electron chi connectivity index (χ0n) is 10.6. The molecular weight excluding hydrogens is 252 g/mol. The highest BCUT2D eigenvalue weighted by Gasteiger charge is 2.17. The summed E-state index contributed by atoms with van der Waals surface area (Å²) in [5.74, 6) is -0.946. The minimum Gasteiger partial charge on any atom is -0.459 e. The van der Waals surface area contributed by atoms with Gasteiger partial charge < -0.3 is 4.74 Å². The van der Waals surface area contributed by atoms with Gasteiger partial charge >= 0.3 is 5.97 Å². The fourth-order valence-electron chi connectivity index (χ4n) is 1.34. The van der Waals surface area contributed by atoms with E-state index in [4.69, 9.17) is 16.3 Å². The first-order chi connectivity index (χ1) is 8.40. The summed E-state index contributed by atoms with van der Waals surface area (Å²) in [5, 5.41) is 0.545. The molecule has 0 bridgehead atoms. The van der Waals surface area contributed by atoms with E-state index in [9.17, 15) is 9.59 Å². The number of carbonyl (C=O) groups is 2. The van der Waals surface area contributed by atoms with Crippen LogP contribution in [0.1, 0.15) is 26.3 Å². The molecule has 0 N–H and O–H groups in total. The van der Waals surface area contributed by atoms with Crippen LogP contribution in [0, 0.1) is 0 Å². The van der Waals surface area contributed by atoms with Crippen LogP contribution < -0.4 is 0 Å². The topological polar surface area (TPSA) is 43.4 Å². The van der Waals surface area contributed by atoms with Crippen molar-refractivity contribution < 1.29 is 14.3 Å². The number of Topliss-reactive ketones (excluding diaryl/α,β-unsaturated/α-hetero) is 1. The number of benzene rings is 1. The van der Waals surface area contributed by atoms with Crippen LogP contribution in [0.5, 0.6) is 0 Å². The van der Waals surface area contributed by atoms with Gasteiger partial charge in [-0.15, -0.1) is 0 Å². The highest BCUT2D eigenvalue weighted by Crippen LogP contribution is 2.15. The maximum Gasteiger partial charge on any atom is 0.342 e. The first-order valence-corrected chi connectivity index (χ1v) is 5.97. The molecule has 0 atom stereocenters. The Morgan fingerprint density at radius 1 is 1.33 bits per heavy atom. The maximum absolute atomic E-state index is 11.7. The number of halogens is 1. The van der Waals surface area contributed by atoms with Crippen molar-refractivity contribution in [3.8, 4) is 0 Å². The molecule has 0 unspecified atom stereocenters. The highest BCUT2D eigenvalue weighted by atomic mass is 35.5. The Kier molecular flexibility index (Phi) is 5.10. The Bertz CT molecular complexity index is 490. The third kappa shape index (κ3) is 4.34. The van der Waals surface area contributed by atoms with Crippen molar-refractivity contribution in [1.82, 2.24) is 0 Å². The summed E-state index contributed by atoms with van der Waals surface area (Å²) in [6, 6.07) is 6.91. The van der Waals surface area contributed by atoms with E-state index in [1.54, 1.807) is 38.1 Å². The normalized spacial score (nSPS) is 11.5. The van der Waals surface area contributed by atoms with E-state index < -0.39 is 5.97 Å². The Labute approximate surface area is 111 Å². The van der Waals surface area contributed by atoms with Crippen molar-refractivity contribution >= 4 is 29.4 Å². The van der Waals surface area contributed by atoms with Crippen molar-refractivity contribution in [2.45, 2.75) is 26.9 Å². The molecule has 0 aliphatic heterocycles. The Morgan fingerprint density at radius 3 is 2.50 bits per heavy atom. The summed E-state index contributed by atoms with van der Waals surface area (Å²) in [7, 11) is 0. The van der Waals surface area contributed by atoms with Gasteiger partial charge in [0.1, 0.15) is 5.57 Å². The predicted octanol–water partition coefficient (Wildman–Crippen LogP) is 3.26. The number of esters is 1. The largest absolute Gasteiger partial charge is 0.459 e. The monoisotopic (exact) mass is 266 g/mol. The smallest absolute Gasteiger partial charge is 0.342 e. The number of ketones is 1. The standard InChI is InChI=1S/C14H15ClO3/c1-9(2)18-14(17)13(10(3)16)8-11-5-4-6-12(15)7-11/h4-9H,1-3H3/b13-8+. The minimum atomic E-state index is -0.613. The number of hydrogen-bond donors (Lipinski definition) is 0. The van der Waals surface area contributed by atoms with Gasteiger partial charge in [-0.05, 0) is 44.5 Å². The van der Waals surface area contributed by atoms with E-state index in [2.05, 4.69) is 0 Å². The number of hydrogen-bond acceptors (Lipinski definition) is 3. The second-order valence-electron chi connectivity index (χ2n) is 4.12. The zero-order chi connectivity index (χ0) is 13.7. The van der Waals surface area contributed by atoms with E-state index in [0.717, 1.165) is 0 Å². The molecule has 0 saturated heterocycles. The fraction of sp³-hybridized carbons (Fsp3) is 0.286. The molecule has 1 aromatic rings. The molecule has 0 aliphatic rings. The average molecular weight is 267 g/mol. The van der Waals surface area contributed by atoms with Gasteiger partial charge in [0.2, 0.25) is 0 Å². The van der Waals surface area contributed by atoms with Crippen LogP contribution in [0.15, 0.2) is 29.8 Å². The summed E-state index contributed by atoms with van der Waals surface area (Å²) in [5.41, 5.74) is 0.708. The Morgan fingerprint density at radius 2 is 2.00 bits per heavy atom. The molecule has 0 fully saturated rings. The van der Waals surface area contributed by atoms with Crippen LogP contribution in [0.3, 0.4) is 0 Å². The van der Waals surface area contributed by atoms with Gasteiger partial charge in [0.15, 0.2) is 5.78 Å². The van der Waals surface area contributed by atoms with Gasteiger partial charge in [-0.1, -0.05) is 23.7 Å². The van der Waals surface area contributed by atoms with E-state index >= 15 is 0 Å². The lowest BCUT2D eigenvalue weighted by Crippen LogP contribution is -2.17. The summed E-state index contributed by atoms with van der Waals surface area (Å²) in [4.78, 5) is 23.2. The molecule has 18 heavy (non-hydrogen) atoms. The Hall–Kier alpha value is -1.61. The molecule has 0 aliphatic carbocycles. The molecule has 0 radical (unpaired) electrons. The third-order valence-electron chi connectivity index (χ3n) is 2.10. The summed E-state index contributed by atoms with van der Waals surface area (Å²) < 4.78 is 5.02. The average Bonchev–Trinajstić information content (AvgIpc) is 2.24. The first kappa shape index (κ1) is 14.5. The van der Waals surface area contributed by atoms with Crippen LogP contribution in [-0.4, -0.2) is 17.9 Å². The maximum atomic E-state index is 11.7. The summed E-state index contributed by atoms with van der Waals surface area (Å²) in [6.45, 7) is 4.79. The van der Waals surface area contributed by atoms with Gasteiger partial charge in [0.05, 0.1) is 6.10 Å². The van der Waals surface area contributed by atoms with Crippen molar-refractivity contribution in [3.63, 3.8) is 0 Å². The molecule has 0 saturated carbocycles. The van der Waals surface area contributed by atoms with Gasteiger partial charge in [0.25, 0.3) is 0 Å². The van der Waals surface area contributed by atoms with Crippen LogP contribution in [-0.2, 0) is 14.3 Å². The number of rotatable bonds is 4. The number of ether oxygens (including phenoxy) is 1. The predicted molar refractivity (Wildman–Crippen MR) is 71.3 cm³/mol. The van der Waals surface area contributed by atoms with E-state index in [1.165, 1.54) is 13.0 Å². The molecule has 0 heterocycles. The van der Waals surface area contributed by atoms with Gasteiger partial charge in [-0.3, -0.25) is 4.79 Å². The zero-order valence-corrected chi connectivity index (χ0v) is 11.3. The third-order valence-corrected chi connectivity index (χ3v) is 2.34. The second kappa shape index (κ2) is 6.36. The van der Waals surface area contributed by atoms with E-state index in [-0.39, 0.29) is 17.5 Å². The van der Waals surface area contributed by atoms with Crippen molar-refractivity contribution in [1.29, 1.82) is 0 Å². The van der Waals surface area contributed by atoms with Gasteiger partial charge in [-0.2, -0.15) is 0 Å². The minimum absolute atomic E-state index is 0.0194. The van der Waals surface area contributed by atoms with Crippen molar-refractivity contribution in [2.24, 2.45) is 0 Å². The molecule has 96 valence electrons. The van der Waals surface area contributed by atoms with Gasteiger partial charge in [0, 0.05) is 5.02 Å². The van der Waals surface area contributed by atoms with Crippen LogP contribution >= 0.6 is 11.6 Å².